The molecule has 1 aromatic rings. The van der Waals surface area contributed by atoms with Crippen LogP contribution in [-0.4, -0.2) is 32.3 Å². The van der Waals surface area contributed by atoms with Gasteiger partial charge in [0, 0.05) is 25.9 Å². The van der Waals surface area contributed by atoms with Crippen molar-refractivity contribution in [2.75, 3.05) is 25.5 Å². The van der Waals surface area contributed by atoms with Gasteiger partial charge in [0.1, 0.15) is 0 Å². The maximum absolute atomic E-state index is 8.69. The van der Waals surface area contributed by atoms with Crippen molar-refractivity contribution in [1.82, 2.24) is 5.32 Å². The Bertz CT molecular complexity index is 382. The highest BCUT2D eigenvalue weighted by atomic mass is 16.5. The summed E-state index contributed by atoms with van der Waals surface area (Å²) in [5.74, 6) is 0. The van der Waals surface area contributed by atoms with Crippen molar-refractivity contribution in [2.24, 2.45) is 0 Å². The number of hydrogen-bond acceptors (Lipinski definition) is 4. The standard InChI is InChI=1S/C12H15N3O/c1-16-12-8-14-7-11(12)15-10-4-2-9(6-13)3-5-10/h2-5,11-12,14-15H,7-8H2,1H3. The average Bonchev–Trinajstić information content (AvgIpc) is 2.77. The third-order valence-electron chi connectivity index (χ3n) is 2.83. The minimum Gasteiger partial charge on any atom is -0.378 e. The van der Waals surface area contributed by atoms with E-state index in [-0.39, 0.29) is 12.1 Å². The first-order valence-electron chi connectivity index (χ1n) is 5.33. The van der Waals surface area contributed by atoms with Gasteiger partial charge < -0.3 is 15.4 Å². The van der Waals surface area contributed by atoms with Gasteiger partial charge in [-0.3, -0.25) is 0 Å². The Morgan fingerprint density at radius 1 is 1.38 bits per heavy atom. The number of benzene rings is 1. The lowest BCUT2D eigenvalue weighted by molar-refractivity contribution is 0.112. The molecule has 1 heterocycles. The summed E-state index contributed by atoms with van der Waals surface area (Å²) >= 11 is 0. The summed E-state index contributed by atoms with van der Waals surface area (Å²) in [5, 5.41) is 15.4. The third kappa shape index (κ3) is 2.32. The van der Waals surface area contributed by atoms with E-state index in [1.165, 1.54) is 0 Å². The molecule has 0 spiro atoms. The van der Waals surface area contributed by atoms with Gasteiger partial charge in [0.05, 0.1) is 23.8 Å². The fraction of sp³-hybridized carbons (Fsp3) is 0.417. The Labute approximate surface area is 95.2 Å². The van der Waals surface area contributed by atoms with Crippen LogP contribution in [0.1, 0.15) is 5.56 Å². The monoisotopic (exact) mass is 217 g/mol. The highest BCUT2D eigenvalue weighted by Gasteiger charge is 2.26. The van der Waals surface area contributed by atoms with Crippen molar-refractivity contribution in [3.05, 3.63) is 29.8 Å². The minimum absolute atomic E-state index is 0.204. The first-order chi connectivity index (χ1) is 7.83. The number of nitriles is 1. The van der Waals surface area contributed by atoms with E-state index >= 15 is 0 Å². The molecule has 1 aliphatic heterocycles. The topological polar surface area (TPSA) is 57.1 Å². The number of nitrogens with zero attached hydrogens (tertiary/aromatic N) is 1. The molecule has 2 rings (SSSR count). The number of rotatable bonds is 3. The summed E-state index contributed by atoms with van der Waals surface area (Å²) in [7, 11) is 1.73. The van der Waals surface area contributed by atoms with Gasteiger partial charge in [-0.1, -0.05) is 0 Å². The molecular formula is C12H15N3O. The molecule has 1 saturated heterocycles. The Morgan fingerprint density at radius 3 is 2.75 bits per heavy atom. The summed E-state index contributed by atoms with van der Waals surface area (Å²) < 4.78 is 5.36. The zero-order valence-electron chi connectivity index (χ0n) is 9.23. The van der Waals surface area contributed by atoms with Crippen LogP contribution in [0.2, 0.25) is 0 Å². The molecule has 2 unspecified atom stereocenters. The molecule has 0 radical (unpaired) electrons. The van der Waals surface area contributed by atoms with Crippen LogP contribution in [0, 0.1) is 11.3 Å². The van der Waals surface area contributed by atoms with E-state index in [2.05, 4.69) is 16.7 Å². The molecule has 0 amide bonds. The normalized spacial score (nSPS) is 24.0. The van der Waals surface area contributed by atoms with Crippen molar-refractivity contribution >= 4 is 5.69 Å². The van der Waals surface area contributed by atoms with E-state index < -0.39 is 0 Å². The van der Waals surface area contributed by atoms with Gasteiger partial charge in [0.15, 0.2) is 0 Å². The molecule has 16 heavy (non-hydrogen) atoms. The SMILES string of the molecule is COC1CNCC1Nc1ccc(C#N)cc1. The maximum Gasteiger partial charge on any atom is 0.0991 e. The number of methoxy groups -OCH3 is 1. The summed E-state index contributed by atoms with van der Waals surface area (Å²) in [6, 6.07) is 9.86. The number of ether oxygens (including phenoxy) is 1. The van der Waals surface area contributed by atoms with E-state index in [4.69, 9.17) is 10.00 Å². The second-order valence-corrected chi connectivity index (χ2v) is 3.87. The van der Waals surface area contributed by atoms with Gasteiger partial charge in [0.2, 0.25) is 0 Å². The quantitative estimate of drug-likeness (QED) is 0.791. The molecule has 0 aromatic heterocycles. The lowest BCUT2D eigenvalue weighted by Gasteiger charge is -2.19. The second kappa shape index (κ2) is 4.97. The molecule has 2 N–H and O–H groups in total. The van der Waals surface area contributed by atoms with Crippen LogP contribution in [0.5, 0.6) is 0 Å². The Balaban J connectivity index is 2.00. The molecule has 0 bridgehead atoms. The lowest BCUT2D eigenvalue weighted by atomic mass is 10.1. The third-order valence-corrected chi connectivity index (χ3v) is 2.83. The molecule has 0 aliphatic carbocycles. The van der Waals surface area contributed by atoms with Gasteiger partial charge in [-0.05, 0) is 24.3 Å². The predicted molar refractivity (Wildman–Crippen MR) is 62.2 cm³/mol. The number of hydrogen-bond donors (Lipinski definition) is 2. The van der Waals surface area contributed by atoms with E-state index in [0.29, 0.717) is 5.56 Å². The van der Waals surface area contributed by atoms with Crippen molar-refractivity contribution in [1.29, 1.82) is 5.26 Å². The first kappa shape index (κ1) is 10.9. The predicted octanol–water partition coefficient (Wildman–Crippen LogP) is 0.957. The highest BCUT2D eigenvalue weighted by molar-refractivity contribution is 5.48. The van der Waals surface area contributed by atoms with E-state index in [0.717, 1.165) is 18.8 Å². The van der Waals surface area contributed by atoms with Crippen molar-refractivity contribution in [3.8, 4) is 6.07 Å². The van der Waals surface area contributed by atoms with Gasteiger partial charge in [-0.15, -0.1) is 0 Å². The number of nitrogens with one attached hydrogen (secondary N) is 2. The average molecular weight is 217 g/mol. The van der Waals surface area contributed by atoms with E-state index in [9.17, 15) is 0 Å². The molecule has 0 saturated carbocycles. The molecule has 1 fully saturated rings. The van der Waals surface area contributed by atoms with Crippen molar-refractivity contribution in [2.45, 2.75) is 12.1 Å². The molecule has 1 aromatic carbocycles. The molecule has 84 valence electrons. The lowest BCUT2D eigenvalue weighted by Crippen LogP contribution is -2.33. The summed E-state index contributed by atoms with van der Waals surface area (Å²) in [6.07, 6.45) is 0.204. The van der Waals surface area contributed by atoms with Crippen LogP contribution >= 0.6 is 0 Å². The fourth-order valence-electron chi connectivity index (χ4n) is 1.90. The Morgan fingerprint density at radius 2 is 2.12 bits per heavy atom. The van der Waals surface area contributed by atoms with Crippen molar-refractivity contribution in [3.63, 3.8) is 0 Å². The van der Waals surface area contributed by atoms with Gasteiger partial charge >= 0.3 is 0 Å². The van der Waals surface area contributed by atoms with Crippen molar-refractivity contribution < 1.29 is 4.74 Å². The molecular weight excluding hydrogens is 202 g/mol. The summed E-state index contributed by atoms with van der Waals surface area (Å²) in [6.45, 7) is 1.78. The van der Waals surface area contributed by atoms with E-state index in [1.54, 1.807) is 7.11 Å². The Kier molecular flexibility index (Phi) is 3.40. The second-order valence-electron chi connectivity index (χ2n) is 3.87. The van der Waals surface area contributed by atoms with Crippen LogP contribution in [0.4, 0.5) is 5.69 Å². The van der Waals surface area contributed by atoms with Crippen LogP contribution in [0.3, 0.4) is 0 Å². The fourth-order valence-corrected chi connectivity index (χ4v) is 1.90. The highest BCUT2D eigenvalue weighted by Crippen LogP contribution is 2.14. The molecule has 2 atom stereocenters. The largest absolute Gasteiger partial charge is 0.378 e. The minimum atomic E-state index is 0.204. The number of anilines is 1. The Hall–Kier alpha value is -1.57. The van der Waals surface area contributed by atoms with Crippen LogP contribution in [0.15, 0.2) is 24.3 Å². The molecule has 4 heteroatoms. The van der Waals surface area contributed by atoms with Gasteiger partial charge in [-0.2, -0.15) is 5.26 Å². The summed E-state index contributed by atoms with van der Waals surface area (Å²) in [4.78, 5) is 0. The van der Waals surface area contributed by atoms with Crippen LogP contribution in [0.25, 0.3) is 0 Å². The molecule has 1 aliphatic rings. The zero-order chi connectivity index (χ0) is 11.4. The molecule has 4 nitrogen and oxygen atoms in total. The van der Waals surface area contributed by atoms with Gasteiger partial charge in [-0.25, -0.2) is 0 Å². The van der Waals surface area contributed by atoms with Gasteiger partial charge in [0.25, 0.3) is 0 Å². The first-order valence-corrected chi connectivity index (χ1v) is 5.33. The zero-order valence-corrected chi connectivity index (χ0v) is 9.23. The maximum atomic E-state index is 8.69. The van der Waals surface area contributed by atoms with E-state index in [1.807, 2.05) is 24.3 Å². The smallest absolute Gasteiger partial charge is 0.0991 e. The van der Waals surface area contributed by atoms with Crippen LogP contribution in [-0.2, 0) is 4.74 Å². The summed E-state index contributed by atoms with van der Waals surface area (Å²) in [5.41, 5.74) is 1.70. The van der Waals surface area contributed by atoms with Crippen LogP contribution < -0.4 is 10.6 Å².